The van der Waals surface area contributed by atoms with Crippen LogP contribution in [-0.4, -0.2) is 19.9 Å². The van der Waals surface area contributed by atoms with Gasteiger partial charge in [0, 0.05) is 24.2 Å². The minimum atomic E-state index is 0.493. The maximum atomic E-state index is 4.41. The standard InChI is InChI=1S/C15H14N6/c1-11-10-14(19-12-6-2-4-8-16-12)21-15(18-11)20-13-7-3-5-9-17-13/h2-10H,1H3,(H2,16,17,18,19,20,21). The Morgan fingerprint density at radius 3 is 2.05 bits per heavy atom. The third kappa shape index (κ3) is 3.50. The minimum Gasteiger partial charge on any atom is -0.325 e. The van der Waals surface area contributed by atoms with Crippen molar-refractivity contribution in [3.8, 4) is 0 Å². The quantitative estimate of drug-likeness (QED) is 0.764. The zero-order valence-corrected chi connectivity index (χ0v) is 11.5. The Bertz CT molecular complexity index is 655. The lowest BCUT2D eigenvalue weighted by molar-refractivity contribution is 1.09. The maximum Gasteiger partial charge on any atom is 0.230 e. The first-order valence-corrected chi connectivity index (χ1v) is 6.51. The van der Waals surface area contributed by atoms with Crippen molar-refractivity contribution in [3.05, 3.63) is 60.6 Å². The number of nitrogens with one attached hydrogen (secondary N) is 2. The zero-order chi connectivity index (χ0) is 14.5. The molecule has 0 amide bonds. The van der Waals surface area contributed by atoms with Crippen molar-refractivity contribution in [3.63, 3.8) is 0 Å². The summed E-state index contributed by atoms with van der Waals surface area (Å²) in [6.45, 7) is 1.91. The lowest BCUT2D eigenvalue weighted by Crippen LogP contribution is -2.03. The highest BCUT2D eigenvalue weighted by Gasteiger charge is 2.04. The van der Waals surface area contributed by atoms with Gasteiger partial charge in [-0.3, -0.25) is 0 Å². The van der Waals surface area contributed by atoms with Crippen molar-refractivity contribution >= 4 is 23.4 Å². The van der Waals surface area contributed by atoms with E-state index in [9.17, 15) is 0 Å². The summed E-state index contributed by atoms with van der Waals surface area (Å²) < 4.78 is 0. The highest BCUT2D eigenvalue weighted by Crippen LogP contribution is 2.16. The molecule has 3 heterocycles. The Labute approximate surface area is 122 Å². The van der Waals surface area contributed by atoms with E-state index in [4.69, 9.17) is 0 Å². The van der Waals surface area contributed by atoms with Crippen LogP contribution in [0, 0.1) is 6.92 Å². The van der Waals surface area contributed by atoms with Gasteiger partial charge in [-0.2, -0.15) is 4.98 Å². The molecule has 0 unspecified atom stereocenters. The van der Waals surface area contributed by atoms with Crippen LogP contribution in [0.15, 0.2) is 54.9 Å². The van der Waals surface area contributed by atoms with Crippen molar-refractivity contribution in [2.45, 2.75) is 6.92 Å². The van der Waals surface area contributed by atoms with Crippen molar-refractivity contribution in [1.82, 2.24) is 19.9 Å². The second-order valence-electron chi connectivity index (χ2n) is 4.40. The van der Waals surface area contributed by atoms with E-state index in [0.29, 0.717) is 17.6 Å². The lowest BCUT2D eigenvalue weighted by atomic mass is 10.4. The highest BCUT2D eigenvalue weighted by atomic mass is 15.2. The fraction of sp³-hybridized carbons (Fsp3) is 0.0667. The summed E-state index contributed by atoms with van der Waals surface area (Å²) in [6.07, 6.45) is 3.44. The van der Waals surface area contributed by atoms with Crippen molar-refractivity contribution in [2.75, 3.05) is 10.6 Å². The van der Waals surface area contributed by atoms with Gasteiger partial charge in [-0.05, 0) is 31.2 Å². The third-order valence-corrected chi connectivity index (χ3v) is 2.68. The molecule has 0 spiro atoms. The van der Waals surface area contributed by atoms with Crippen molar-refractivity contribution in [2.24, 2.45) is 0 Å². The molecule has 0 atom stereocenters. The molecule has 0 aliphatic rings. The second kappa shape index (κ2) is 5.96. The molecule has 104 valence electrons. The van der Waals surface area contributed by atoms with Crippen LogP contribution in [0.3, 0.4) is 0 Å². The predicted molar refractivity (Wildman–Crippen MR) is 81.8 cm³/mol. The Hall–Kier alpha value is -3.02. The minimum absolute atomic E-state index is 0.493. The van der Waals surface area contributed by atoms with Crippen molar-refractivity contribution < 1.29 is 0 Å². The van der Waals surface area contributed by atoms with Gasteiger partial charge in [0.2, 0.25) is 5.95 Å². The lowest BCUT2D eigenvalue weighted by Gasteiger charge is -2.08. The fourth-order valence-corrected chi connectivity index (χ4v) is 1.81. The van der Waals surface area contributed by atoms with Gasteiger partial charge >= 0.3 is 0 Å². The van der Waals surface area contributed by atoms with E-state index in [1.165, 1.54) is 0 Å². The Kier molecular flexibility index (Phi) is 3.68. The van der Waals surface area contributed by atoms with Gasteiger partial charge in [-0.25, -0.2) is 15.0 Å². The first-order valence-electron chi connectivity index (χ1n) is 6.51. The molecular weight excluding hydrogens is 264 g/mol. The summed E-state index contributed by atoms with van der Waals surface area (Å²) in [5.41, 5.74) is 0.849. The Balaban J connectivity index is 1.83. The van der Waals surface area contributed by atoms with Gasteiger partial charge in [0.05, 0.1) is 0 Å². The Morgan fingerprint density at radius 2 is 1.43 bits per heavy atom. The number of pyridine rings is 2. The van der Waals surface area contributed by atoms with Gasteiger partial charge in [0.1, 0.15) is 17.5 Å². The molecular formula is C15H14N6. The van der Waals surface area contributed by atoms with Gasteiger partial charge in [-0.15, -0.1) is 0 Å². The van der Waals surface area contributed by atoms with Crippen LogP contribution in [-0.2, 0) is 0 Å². The van der Waals surface area contributed by atoms with Crippen molar-refractivity contribution in [1.29, 1.82) is 0 Å². The number of rotatable bonds is 4. The first kappa shape index (κ1) is 13.0. The second-order valence-corrected chi connectivity index (χ2v) is 4.40. The number of anilines is 4. The molecule has 3 aromatic rings. The van der Waals surface area contributed by atoms with Crippen LogP contribution in [0.1, 0.15) is 5.69 Å². The number of hydrogen-bond donors (Lipinski definition) is 2. The largest absolute Gasteiger partial charge is 0.325 e. The average molecular weight is 278 g/mol. The van der Waals surface area contributed by atoms with E-state index < -0.39 is 0 Å². The summed E-state index contributed by atoms with van der Waals surface area (Å²) in [7, 11) is 0. The topological polar surface area (TPSA) is 75.6 Å². The van der Waals surface area contributed by atoms with E-state index in [1.54, 1.807) is 12.4 Å². The third-order valence-electron chi connectivity index (χ3n) is 2.68. The fourth-order valence-electron chi connectivity index (χ4n) is 1.81. The molecule has 0 radical (unpaired) electrons. The van der Waals surface area contributed by atoms with Crippen LogP contribution in [0.4, 0.5) is 23.4 Å². The normalized spacial score (nSPS) is 10.1. The SMILES string of the molecule is Cc1cc(Nc2ccccn2)nc(Nc2ccccn2)n1. The summed E-state index contributed by atoms with van der Waals surface area (Å²) in [4.78, 5) is 17.2. The maximum absolute atomic E-state index is 4.41. The molecule has 0 saturated carbocycles. The highest BCUT2D eigenvalue weighted by molar-refractivity contribution is 5.56. The van der Waals surface area contributed by atoms with Crippen LogP contribution in [0.25, 0.3) is 0 Å². The number of nitrogens with zero attached hydrogens (tertiary/aromatic N) is 4. The Morgan fingerprint density at radius 1 is 0.762 bits per heavy atom. The zero-order valence-electron chi connectivity index (χ0n) is 11.5. The summed E-state index contributed by atoms with van der Waals surface area (Å²) in [5.74, 6) is 2.61. The summed E-state index contributed by atoms with van der Waals surface area (Å²) >= 11 is 0. The molecule has 3 rings (SSSR count). The van der Waals surface area contributed by atoms with Gasteiger partial charge < -0.3 is 10.6 Å². The molecule has 2 N–H and O–H groups in total. The number of aryl methyl sites for hydroxylation is 1. The molecule has 0 bridgehead atoms. The molecule has 0 fully saturated rings. The molecule has 0 aliphatic carbocycles. The van der Waals surface area contributed by atoms with Crippen LogP contribution < -0.4 is 10.6 Å². The molecule has 0 aromatic carbocycles. The first-order chi connectivity index (χ1) is 10.3. The average Bonchev–Trinajstić information content (AvgIpc) is 2.48. The van der Waals surface area contributed by atoms with E-state index in [1.807, 2.05) is 49.4 Å². The molecule has 6 nitrogen and oxygen atoms in total. The summed E-state index contributed by atoms with van der Waals surface area (Å²) in [6, 6.07) is 13.1. The molecule has 21 heavy (non-hydrogen) atoms. The van der Waals surface area contributed by atoms with E-state index in [0.717, 1.165) is 11.5 Å². The predicted octanol–water partition coefficient (Wildman–Crippen LogP) is 3.06. The summed E-state index contributed by atoms with van der Waals surface area (Å²) in [5, 5.41) is 6.23. The van der Waals surface area contributed by atoms with Crippen LogP contribution >= 0.6 is 0 Å². The molecule has 6 heteroatoms. The van der Waals surface area contributed by atoms with Crippen LogP contribution in [0.5, 0.6) is 0 Å². The van der Waals surface area contributed by atoms with Gasteiger partial charge in [0.25, 0.3) is 0 Å². The van der Waals surface area contributed by atoms with E-state index in [2.05, 4.69) is 30.6 Å². The number of aromatic nitrogens is 4. The van der Waals surface area contributed by atoms with Crippen LogP contribution in [0.2, 0.25) is 0 Å². The van der Waals surface area contributed by atoms with E-state index >= 15 is 0 Å². The molecule has 0 saturated heterocycles. The van der Waals surface area contributed by atoms with Gasteiger partial charge in [0.15, 0.2) is 0 Å². The monoisotopic (exact) mass is 278 g/mol. The van der Waals surface area contributed by atoms with Gasteiger partial charge in [-0.1, -0.05) is 12.1 Å². The number of hydrogen-bond acceptors (Lipinski definition) is 6. The molecule has 3 aromatic heterocycles. The smallest absolute Gasteiger partial charge is 0.230 e. The van der Waals surface area contributed by atoms with E-state index in [-0.39, 0.29) is 0 Å². The molecule has 0 aliphatic heterocycles.